The minimum atomic E-state index is -4.38. The largest absolute Gasteiger partial charge is 0.416 e. The van der Waals surface area contributed by atoms with Gasteiger partial charge in [-0.3, -0.25) is 5.32 Å². The van der Waals surface area contributed by atoms with E-state index in [2.05, 4.69) is 11.4 Å². The maximum atomic E-state index is 12.6. The molecule has 0 bridgehead atoms. The van der Waals surface area contributed by atoms with Crippen LogP contribution in [-0.4, -0.2) is 0 Å². The molecule has 114 valence electrons. The summed E-state index contributed by atoms with van der Waals surface area (Å²) in [4.78, 5) is 0. The van der Waals surface area contributed by atoms with Crippen LogP contribution in [0.2, 0.25) is 0 Å². The molecule has 1 N–H and O–H groups in total. The minimum absolute atomic E-state index is 0.450. The molecule has 2 aromatic rings. The van der Waals surface area contributed by atoms with Crippen LogP contribution in [0.4, 0.5) is 13.2 Å². The molecule has 0 unspecified atom stereocenters. The SMILES string of the molecule is C[C@@](C#N)(NCc1ccccc1)c1ccc(C(F)(F)F)cc1. The first-order valence-electron chi connectivity index (χ1n) is 6.73. The third-order valence-corrected chi connectivity index (χ3v) is 3.50. The highest BCUT2D eigenvalue weighted by molar-refractivity contribution is 5.34. The highest BCUT2D eigenvalue weighted by Crippen LogP contribution is 2.31. The van der Waals surface area contributed by atoms with Crippen molar-refractivity contribution in [1.29, 1.82) is 5.26 Å². The zero-order valence-corrected chi connectivity index (χ0v) is 12.0. The van der Waals surface area contributed by atoms with Gasteiger partial charge >= 0.3 is 6.18 Å². The Morgan fingerprint density at radius 3 is 2.00 bits per heavy atom. The monoisotopic (exact) mass is 304 g/mol. The van der Waals surface area contributed by atoms with Gasteiger partial charge in [-0.05, 0) is 30.2 Å². The lowest BCUT2D eigenvalue weighted by molar-refractivity contribution is -0.137. The summed E-state index contributed by atoms with van der Waals surface area (Å²) < 4.78 is 37.8. The Balaban J connectivity index is 2.18. The van der Waals surface area contributed by atoms with E-state index in [1.54, 1.807) is 6.92 Å². The molecule has 0 radical (unpaired) electrons. The first-order valence-corrected chi connectivity index (χ1v) is 6.73. The number of alkyl halides is 3. The smallest absolute Gasteiger partial charge is 0.292 e. The van der Waals surface area contributed by atoms with Crippen molar-refractivity contribution >= 4 is 0 Å². The molecule has 2 nitrogen and oxygen atoms in total. The summed E-state index contributed by atoms with van der Waals surface area (Å²) in [7, 11) is 0. The van der Waals surface area contributed by atoms with Crippen LogP contribution in [0.5, 0.6) is 0 Å². The third kappa shape index (κ3) is 3.66. The van der Waals surface area contributed by atoms with Crippen molar-refractivity contribution in [3.05, 3.63) is 71.3 Å². The normalized spacial score (nSPS) is 14.1. The Bertz CT molecular complexity index is 657. The summed E-state index contributed by atoms with van der Waals surface area (Å²) in [5.41, 5.74) is -0.283. The first-order chi connectivity index (χ1) is 10.3. The van der Waals surface area contributed by atoms with Crippen molar-refractivity contribution in [3.63, 3.8) is 0 Å². The second kappa shape index (κ2) is 6.20. The third-order valence-electron chi connectivity index (χ3n) is 3.50. The Labute approximate surface area is 127 Å². The van der Waals surface area contributed by atoms with E-state index in [0.717, 1.165) is 17.7 Å². The van der Waals surface area contributed by atoms with Gasteiger partial charge in [-0.15, -0.1) is 0 Å². The fourth-order valence-corrected chi connectivity index (χ4v) is 2.07. The van der Waals surface area contributed by atoms with Crippen molar-refractivity contribution in [1.82, 2.24) is 5.32 Å². The molecular weight excluding hydrogens is 289 g/mol. The lowest BCUT2D eigenvalue weighted by Crippen LogP contribution is -2.37. The van der Waals surface area contributed by atoms with E-state index in [1.807, 2.05) is 30.3 Å². The van der Waals surface area contributed by atoms with E-state index in [4.69, 9.17) is 0 Å². The van der Waals surface area contributed by atoms with E-state index >= 15 is 0 Å². The summed E-state index contributed by atoms with van der Waals surface area (Å²) in [6, 6.07) is 16.3. The molecule has 0 aliphatic heterocycles. The van der Waals surface area contributed by atoms with E-state index in [0.29, 0.717) is 12.1 Å². The van der Waals surface area contributed by atoms with Crippen molar-refractivity contribution in [3.8, 4) is 6.07 Å². The number of benzene rings is 2. The average molecular weight is 304 g/mol. The Kier molecular flexibility index (Phi) is 4.53. The topological polar surface area (TPSA) is 35.8 Å². The van der Waals surface area contributed by atoms with Gasteiger partial charge in [0.25, 0.3) is 0 Å². The van der Waals surface area contributed by atoms with E-state index < -0.39 is 17.3 Å². The lowest BCUT2D eigenvalue weighted by Gasteiger charge is -2.24. The molecule has 0 aromatic heterocycles. The predicted molar refractivity (Wildman–Crippen MR) is 77.7 cm³/mol. The van der Waals surface area contributed by atoms with Crippen LogP contribution in [-0.2, 0) is 18.3 Å². The second-order valence-electron chi connectivity index (χ2n) is 5.15. The predicted octanol–water partition coefficient (Wildman–Crippen LogP) is 4.23. The number of nitrogens with zero attached hydrogens (tertiary/aromatic N) is 1. The first kappa shape index (κ1) is 16.1. The summed E-state index contributed by atoms with van der Waals surface area (Å²) in [5.74, 6) is 0. The van der Waals surface area contributed by atoms with Crippen LogP contribution in [0.3, 0.4) is 0 Å². The molecule has 0 saturated heterocycles. The molecule has 22 heavy (non-hydrogen) atoms. The molecule has 0 spiro atoms. The second-order valence-corrected chi connectivity index (χ2v) is 5.15. The quantitative estimate of drug-likeness (QED) is 0.917. The fraction of sp³-hybridized carbons (Fsp3) is 0.235. The molecule has 0 heterocycles. The van der Waals surface area contributed by atoms with Gasteiger partial charge in [0.15, 0.2) is 0 Å². The zero-order chi connectivity index (χ0) is 16.2. The summed E-state index contributed by atoms with van der Waals surface area (Å²) >= 11 is 0. The molecule has 0 aliphatic carbocycles. The number of hydrogen-bond acceptors (Lipinski definition) is 2. The van der Waals surface area contributed by atoms with Crippen LogP contribution >= 0.6 is 0 Å². The number of rotatable bonds is 4. The van der Waals surface area contributed by atoms with Crippen LogP contribution in [0.15, 0.2) is 54.6 Å². The molecule has 0 fully saturated rings. The minimum Gasteiger partial charge on any atom is -0.292 e. The van der Waals surface area contributed by atoms with Gasteiger partial charge in [0.05, 0.1) is 11.6 Å². The van der Waals surface area contributed by atoms with E-state index in [9.17, 15) is 18.4 Å². The molecular formula is C17H15F3N2. The molecule has 0 saturated carbocycles. The number of halogens is 3. The molecule has 0 amide bonds. The van der Waals surface area contributed by atoms with Gasteiger partial charge in [-0.1, -0.05) is 42.5 Å². The maximum Gasteiger partial charge on any atom is 0.416 e. The lowest BCUT2D eigenvalue weighted by atomic mass is 9.92. The van der Waals surface area contributed by atoms with Gasteiger partial charge in [0.1, 0.15) is 5.54 Å². The van der Waals surface area contributed by atoms with Gasteiger partial charge in [-0.25, -0.2) is 0 Å². The summed E-state index contributed by atoms with van der Waals surface area (Å²) in [6.07, 6.45) is -4.38. The summed E-state index contributed by atoms with van der Waals surface area (Å²) in [5, 5.41) is 12.5. The molecule has 5 heteroatoms. The van der Waals surface area contributed by atoms with E-state index in [1.165, 1.54) is 12.1 Å². The van der Waals surface area contributed by atoms with Crippen LogP contribution in [0, 0.1) is 11.3 Å². The highest BCUT2D eigenvalue weighted by atomic mass is 19.4. The van der Waals surface area contributed by atoms with Gasteiger partial charge in [0.2, 0.25) is 0 Å². The summed E-state index contributed by atoms with van der Waals surface area (Å²) in [6.45, 7) is 2.10. The average Bonchev–Trinajstić information content (AvgIpc) is 2.53. The van der Waals surface area contributed by atoms with Crippen molar-refractivity contribution < 1.29 is 13.2 Å². The van der Waals surface area contributed by atoms with Gasteiger partial charge in [-0.2, -0.15) is 18.4 Å². The highest BCUT2D eigenvalue weighted by Gasteiger charge is 2.32. The number of nitriles is 1. The number of hydrogen-bond donors (Lipinski definition) is 1. The van der Waals surface area contributed by atoms with Crippen molar-refractivity contribution in [2.45, 2.75) is 25.2 Å². The molecule has 0 aliphatic rings. The Morgan fingerprint density at radius 1 is 0.955 bits per heavy atom. The molecule has 1 atom stereocenters. The Morgan fingerprint density at radius 2 is 1.50 bits per heavy atom. The van der Waals surface area contributed by atoms with Crippen LogP contribution in [0.1, 0.15) is 23.6 Å². The fourth-order valence-electron chi connectivity index (χ4n) is 2.07. The molecule has 2 rings (SSSR count). The van der Waals surface area contributed by atoms with Crippen LogP contribution in [0.25, 0.3) is 0 Å². The maximum absolute atomic E-state index is 12.6. The molecule has 2 aromatic carbocycles. The Hall–Kier alpha value is -2.32. The number of nitrogens with one attached hydrogen (secondary N) is 1. The van der Waals surface area contributed by atoms with Gasteiger partial charge in [0, 0.05) is 6.54 Å². The van der Waals surface area contributed by atoms with Crippen LogP contribution < -0.4 is 5.32 Å². The van der Waals surface area contributed by atoms with E-state index in [-0.39, 0.29) is 0 Å². The zero-order valence-electron chi connectivity index (χ0n) is 12.0. The van der Waals surface area contributed by atoms with Crippen molar-refractivity contribution in [2.75, 3.05) is 0 Å². The standard InChI is InChI=1S/C17H15F3N2/c1-16(12-21,22-11-13-5-3-2-4-6-13)14-7-9-15(10-8-14)17(18,19)20/h2-10,22H,11H2,1H3/t16-/m0/s1. The van der Waals surface area contributed by atoms with Crippen molar-refractivity contribution in [2.24, 2.45) is 0 Å². The van der Waals surface area contributed by atoms with Gasteiger partial charge < -0.3 is 0 Å².